The summed E-state index contributed by atoms with van der Waals surface area (Å²) in [6.45, 7) is 8.56. The maximum Gasteiger partial charge on any atom is 0.0462 e. The van der Waals surface area contributed by atoms with Crippen LogP contribution in [0.1, 0.15) is 66.8 Å². The first kappa shape index (κ1) is 47.0. The molecule has 0 aromatic heterocycles. The van der Waals surface area contributed by atoms with Crippen molar-refractivity contribution in [2.24, 2.45) is 0 Å². The molecule has 350 valence electrons. The van der Waals surface area contributed by atoms with Crippen molar-refractivity contribution in [1.82, 2.24) is 0 Å². The number of hydrogen-bond donors (Lipinski definition) is 0. The van der Waals surface area contributed by atoms with Crippen molar-refractivity contribution < 1.29 is 0 Å². The molecular formula is C70H60N2. The third-order valence-corrected chi connectivity index (χ3v) is 13.5. The van der Waals surface area contributed by atoms with E-state index in [1.165, 1.54) is 66.8 Å². The van der Waals surface area contributed by atoms with Crippen molar-refractivity contribution in [2.45, 2.75) is 40.5 Å². The van der Waals surface area contributed by atoms with Crippen molar-refractivity contribution in [3.8, 4) is 0 Å². The molecule has 0 aliphatic heterocycles. The first-order valence-electron chi connectivity index (χ1n) is 25.1. The number of nitrogens with zero attached hydrogens (tertiary/aromatic N) is 2. The predicted molar refractivity (Wildman–Crippen MR) is 308 cm³/mol. The van der Waals surface area contributed by atoms with Crippen LogP contribution in [-0.2, 0) is 12.8 Å². The lowest BCUT2D eigenvalue weighted by atomic mass is 9.94. The molecule has 72 heavy (non-hydrogen) atoms. The van der Waals surface area contributed by atoms with Gasteiger partial charge in [0.25, 0.3) is 0 Å². The van der Waals surface area contributed by atoms with E-state index in [0.29, 0.717) is 0 Å². The van der Waals surface area contributed by atoms with Crippen LogP contribution in [-0.4, -0.2) is 0 Å². The summed E-state index contributed by atoms with van der Waals surface area (Å²) >= 11 is 0. The predicted octanol–water partition coefficient (Wildman–Crippen LogP) is 18.8. The summed E-state index contributed by atoms with van der Waals surface area (Å²) in [6.07, 6.45) is 6.49. The lowest BCUT2D eigenvalue weighted by Gasteiger charge is -2.26. The van der Waals surface area contributed by atoms with Crippen LogP contribution in [0.25, 0.3) is 23.3 Å². The highest BCUT2D eigenvalue weighted by Gasteiger charge is 2.16. The van der Waals surface area contributed by atoms with E-state index in [2.05, 4.69) is 304 Å². The Morgan fingerprint density at radius 3 is 0.792 bits per heavy atom. The summed E-state index contributed by atoms with van der Waals surface area (Å²) in [6, 6.07) is 92.7. The number of benzene rings is 10. The zero-order valence-electron chi connectivity index (χ0n) is 41.7. The van der Waals surface area contributed by atoms with Gasteiger partial charge in [0.15, 0.2) is 0 Å². The molecule has 0 unspecified atom stereocenters. The monoisotopic (exact) mass is 928 g/mol. The molecule has 0 saturated carbocycles. The van der Waals surface area contributed by atoms with Crippen LogP contribution in [0.4, 0.5) is 34.1 Å². The molecule has 10 aromatic rings. The minimum absolute atomic E-state index is 0.945. The fourth-order valence-corrected chi connectivity index (χ4v) is 9.34. The minimum Gasteiger partial charge on any atom is -0.311 e. The first-order chi connectivity index (χ1) is 35.3. The summed E-state index contributed by atoms with van der Waals surface area (Å²) in [5.41, 5.74) is 23.9. The smallest absolute Gasteiger partial charge is 0.0462 e. The first-order valence-corrected chi connectivity index (χ1v) is 25.1. The Bertz CT molecular complexity index is 3300. The second kappa shape index (κ2) is 21.9. The van der Waals surface area contributed by atoms with E-state index in [1.54, 1.807) is 0 Å². The van der Waals surface area contributed by atoms with Crippen LogP contribution in [0, 0.1) is 27.7 Å². The van der Waals surface area contributed by atoms with Crippen LogP contribution < -0.4 is 9.80 Å². The average molecular weight is 929 g/mol. The summed E-state index contributed by atoms with van der Waals surface area (Å²) in [5.74, 6) is 0. The lowest BCUT2D eigenvalue weighted by Crippen LogP contribution is -2.10. The SMILES string of the molecule is Cc1ccc(C(=Cc2ccc(N(c3ccc(C)cc3)c3ccc(CCc4ccc(N(c5ccc(C)cc5)c5ccc(C=C(c6ccccc6)c6ccccc6)cc5)cc4)cc3)cc2)c2ccc(C)cc2)cc1. The van der Waals surface area contributed by atoms with Gasteiger partial charge < -0.3 is 9.80 Å². The molecule has 0 spiro atoms. The van der Waals surface area contributed by atoms with E-state index in [9.17, 15) is 0 Å². The number of hydrogen-bond acceptors (Lipinski definition) is 2. The second-order valence-electron chi connectivity index (χ2n) is 18.9. The van der Waals surface area contributed by atoms with Gasteiger partial charge in [-0.2, -0.15) is 0 Å². The van der Waals surface area contributed by atoms with Gasteiger partial charge in [0, 0.05) is 34.1 Å². The number of aryl methyl sites for hydroxylation is 6. The van der Waals surface area contributed by atoms with Crippen molar-refractivity contribution in [3.63, 3.8) is 0 Å². The Kier molecular flexibility index (Phi) is 14.3. The highest BCUT2D eigenvalue weighted by molar-refractivity contribution is 5.93. The van der Waals surface area contributed by atoms with E-state index in [1.807, 2.05) is 0 Å². The minimum atomic E-state index is 0.945. The molecule has 10 rings (SSSR count). The molecule has 0 radical (unpaired) electrons. The van der Waals surface area contributed by atoms with Crippen molar-refractivity contribution >= 4 is 57.4 Å². The third kappa shape index (κ3) is 11.3. The van der Waals surface area contributed by atoms with Gasteiger partial charge in [-0.25, -0.2) is 0 Å². The van der Waals surface area contributed by atoms with Crippen LogP contribution in [0.2, 0.25) is 0 Å². The van der Waals surface area contributed by atoms with Gasteiger partial charge in [-0.05, 0) is 181 Å². The quantitative estimate of drug-likeness (QED) is 0.0945. The van der Waals surface area contributed by atoms with E-state index < -0.39 is 0 Å². The van der Waals surface area contributed by atoms with Gasteiger partial charge in [-0.15, -0.1) is 0 Å². The summed E-state index contributed by atoms with van der Waals surface area (Å²) < 4.78 is 0. The van der Waals surface area contributed by atoms with Crippen LogP contribution >= 0.6 is 0 Å². The highest BCUT2D eigenvalue weighted by Crippen LogP contribution is 2.38. The Morgan fingerprint density at radius 2 is 0.500 bits per heavy atom. The molecule has 0 bridgehead atoms. The largest absolute Gasteiger partial charge is 0.311 e. The van der Waals surface area contributed by atoms with Crippen molar-refractivity contribution in [3.05, 3.63) is 322 Å². The normalized spacial score (nSPS) is 10.9. The maximum atomic E-state index is 2.35. The van der Waals surface area contributed by atoms with Gasteiger partial charge in [-0.3, -0.25) is 0 Å². The Morgan fingerprint density at radius 1 is 0.264 bits per heavy atom. The molecule has 0 N–H and O–H groups in total. The zero-order chi connectivity index (χ0) is 49.2. The zero-order valence-corrected chi connectivity index (χ0v) is 41.7. The summed E-state index contributed by atoms with van der Waals surface area (Å²) in [4.78, 5) is 4.70. The van der Waals surface area contributed by atoms with E-state index in [-0.39, 0.29) is 0 Å². The van der Waals surface area contributed by atoms with Crippen LogP contribution in [0.3, 0.4) is 0 Å². The van der Waals surface area contributed by atoms with Crippen LogP contribution in [0.5, 0.6) is 0 Å². The van der Waals surface area contributed by atoms with E-state index >= 15 is 0 Å². The van der Waals surface area contributed by atoms with E-state index in [4.69, 9.17) is 0 Å². The van der Waals surface area contributed by atoms with E-state index in [0.717, 1.165) is 58.1 Å². The van der Waals surface area contributed by atoms with Gasteiger partial charge in [0.2, 0.25) is 0 Å². The Hall–Kier alpha value is -8.72. The lowest BCUT2D eigenvalue weighted by molar-refractivity contribution is 0.959. The van der Waals surface area contributed by atoms with Gasteiger partial charge in [0.1, 0.15) is 0 Å². The molecule has 0 amide bonds. The Balaban J connectivity index is 0.866. The molecule has 2 heteroatoms. The van der Waals surface area contributed by atoms with Gasteiger partial charge >= 0.3 is 0 Å². The maximum absolute atomic E-state index is 2.35. The molecule has 0 heterocycles. The highest BCUT2D eigenvalue weighted by atomic mass is 15.1. The summed E-state index contributed by atoms with van der Waals surface area (Å²) in [5, 5.41) is 0. The molecular weight excluding hydrogens is 869 g/mol. The average Bonchev–Trinajstić information content (AvgIpc) is 3.43. The second-order valence-corrected chi connectivity index (χ2v) is 18.9. The van der Waals surface area contributed by atoms with Crippen LogP contribution in [0.15, 0.2) is 255 Å². The molecule has 10 aromatic carbocycles. The number of rotatable bonds is 15. The van der Waals surface area contributed by atoms with Crippen molar-refractivity contribution in [1.29, 1.82) is 0 Å². The molecule has 0 aliphatic rings. The fraction of sp³-hybridized carbons (Fsp3) is 0.0857. The summed E-state index contributed by atoms with van der Waals surface area (Å²) in [7, 11) is 0. The van der Waals surface area contributed by atoms with Gasteiger partial charge in [0.05, 0.1) is 0 Å². The Labute approximate surface area is 427 Å². The molecule has 0 atom stereocenters. The fourth-order valence-electron chi connectivity index (χ4n) is 9.34. The topological polar surface area (TPSA) is 6.48 Å². The standard InChI is InChI=1S/C70H60N2/c1-51-15-33-61(34-16-51)70(62-35-17-52(2)18-36-62)50-58-31-47-68(48-32-58)72(64-39-21-54(4)22-40-64)66-43-27-56(28-44-66)24-23-55-25-41-65(42-26-55)71(63-37-19-53(3)20-38-63)67-45-29-57(30-46-67)49-69(59-11-7-5-8-12-59)60-13-9-6-10-14-60/h5-22,25-50H,23-24H2,1-4H3. The van der Waals surface area contributed by atoms with Gasteiger partial charge in [-0.1, -0.05) is 204 Å². The molecule has 0 saturated heterocycles. The third-order valence-electron chi connectivity index (χ3n) is 13.5. The molecule has 0 aliphatic carbocycles. The number of anilines is 6. The molecule has 2 nitrogen and oxygen atoms in total. The molecule has 0 fully saturated rings. The van der Waals surface area contributed by atoms with Crippen molar-refractivity contribution in [2.75, 3.05) is 9.80 Å².